The van der Waals surface area contributed by atoms with Gasteiger partial charge >= 0.3 is 0 Å². The number of benzene rings is 1. The van der Waals surface area contributed by atoms with Gasteiger partial charge in [0.25, 0.3) is 0 Å². The highest BCUT2D eigenvalue weighted by atomic mass is 16.5. The largest absolute Gasteiger partial charge is 0.497 e. The van der Waals surface area contributed by atoms with E-state index < -0.39 is 0 Å². The Kier molecular flexibility index (Phi) is 6.48. The van der Waals surface area contributed by atoms with Gasteiger partial charge < -0.3 is 14.8 Å². The van der Waals surface area contributed by atoms with Crippen molar-refractivity contribution in [2.24, 2.45) is 0 Å². The first-order chi connectivity index (χ1) is 8.31. The maximum atomic E-state index is 5.35. The van der Waals surface area contributed by atoms with Crippen LogP contribution in [0.1, 0.15) is 25.3 Å². The molecule has 1 aromatic carbocycles. The molecule has 0 saturated heterocycles. The summed E-state index contributed by atoms with van der Waals surface area (Å²) in [6.07, 6.45) is 3.39. The van der Waals surface area contributed by atoms with Crippen LogP contribution in [0, 0.1) is 0 Å². The predicted molar refractivity (Wildman–Crippen MR) is 71.0 cm³/mol. The van der Waals surface area contributed by atoms with E-state index in [1.807, 2.05) is 12.1 Å². The van der Waals surface area contributed by atoms with E-state index in [1.165, 1.54) is 12.0 Å². The molecular weight excluding hydrogens is 214 g/mol. The van der Waals surface area contributed by atoms with Crippen LogP contribution in [0.5, 0.6) is 11.5 Å². The smallest absolute Gasteiger partial charge is 0.122 e. The molecule has 0 fully saturated rings. The molecule has 0 heterocycles. The van der Waals surface area contributed by atoms with E-state index >= 15 is 0 Å². The minimum absolute atomic E-state index is 0.896. The van der Waals surface area contributed by atoms with Crippen LogP contribution in [0.25, 0.3) is 0 Å². The predicted octanol–water partition coefficient (Wildman–Crippen LogP) is 2.64. The molecule has 3 heteroatoms. The van der Waals surface area contributed by atoms with Crippen molar-refractivity contribution in [2.45, 2.75) is 26.2 Å². The lowest BCUT2D eigenvalue weighted by Gasteiger charge is -2.10. The molecule has 0 amide bonds. The molecule has 0 bridgehead atoms. The van der Waals surface area contributed by atoms with E-state index in [2.05, 4.69) is 18.3 Å². The van der Waals surface area contributed by atoms with Gasteiger partial charge in [-0.05, 0) is 56.1 Å². The van der Waals surface area contributed by atoms with Crippen molar-refractivity contribution in [1.82, 2.24) is 5.32 Å². The van der Waals surface area contributed by atoms with Crippen molar-refractivity contribution in [2.75, 3.05) is 27.3 Å². The summed E-state index contributed by atoms with van der Waals surface area (Å²) in [6, 6.07) is 5.96. The monoisotopic (exact) mass is 237 g/mol. The minimum atomic E-state index is 0.896. The molecule has 0 saturated carbocycles. The van der Waals surface area contributed by atoms with Gasteiger partial charge in [-0.3, -0.25) is 0 Å². The first-order valence-corrected chi connectivity index (χ1v) is 6.23. The molecule has 0 aliphatic rings. The molecule has 1 N–H and O–H groups in total. The highest BCUT2D eigenvalue weighted by Gasteiger charge is 2.04. The summed E-state index contributed by atoms with van der Waals surface area (Å²) in [5.74, 6) is 1.85. The average Bonchev–Trinajstić information content (AvgIpc) is 2.38. The molecule has 1 rings (SSSR count). The molecular formula is C14H23NO2. The third-order valence-corrected chi connectivity index (χ3v) is 2.79. The molecule has 0 aromatic heterocycles. The zero-order valence-corrected chi connectivity index (χ0v) is 11.1. The van der Waals surface area contributed by atoms with E-state index in [0.29, 0.717) is 0 Å². The molecule has 0 aliphatic carbocycles. The molecule has 0 unspecified atom stereocenters. The molecule has 0 atom stereocenters. The Morgan fingerprint density at radius 1 is 1.12 bits per heavy atom. The Balaban J connectivity index is 2.49. The molecule has 1 aromatic rings. The normalized spacial score (nSPS) is 10.3. The van der Waals surface area contributed by atoms with Gasteiger partial charge in [0.1, 0.15) is 11.5 Å². The topological polar surface area (TPSA) is 30.5 Å². The lowest BCUT2D eigenvalue weighted by Crippen LogP contribution is -2.13. The Labute approximate surface area is 104 Å². The van der Waals surface area contributed by atoms with Gasteiger partial charge in [0, 0.05) is 0 Å². The summed E-state index contributed by atoms with van der Waals surface area (Å²) in [5, 5.41) is 3.33. The number of rotatable bonds is 8. The number of unbranched alkanes of at least 4 members (excludes halogenated alkanes) is 1. The van der Waals surface area contributed by atoms with Gasteiger partial charge in [-0.25, -0.2) is 0 Å². The fraction of sp³-hybridized carbons (Fsp3) is 0.571. The number of hydrogen-bond donors (Lipinski definition) is 1. The van der Waals surface area contributed by atoms with Crippen molar-refractivity contribution >= 4 is 0 Å². The third kappa shape index (κ3) is 4.65. The summed E-state index contributed by atoms with van der Waals surface area (Å²) >= 11 is 0. The maximum Gasteiger partial charge on any atom is 0.122 e. The average molecular weight is 237 g/mol. The van der Waals surface area contributed by atoms with Gasteiger partial charge in [0.15, 0.2) is 0 Å². The zero-order valence-electron chi connectivity index (χ0n) is 11.1. The Morgan fingerprint density at radius 3 is 2.59 bits per heavy atom. The second-order valence-corrected chi connectivity index (χ2v) is 3.99. The van der Waals surface area contributed by atoms with Crippen molar-refractivity contribution in [3.8, 4) is 11.5 Å². The van der Waals surface area contributed by atoms with Crippen LogP contribution in [0.2, 0.25) is 0 Å². The van der Waals surface area contributed by atoms with Crippen LogP contribution in [0.4, 0.5) is 0 Å². The summed E-state index contributed by atoms with van der Waals surface area (Å²) in [6.45, 7) is 4.26. The summed E-state index contributed by atoms with van der Waals surface area (Å²) in [5.41, 5.74) is 1.23. The molecule has 96 valence electrons. The lowest BCUT2D eigenvalue weighted by molar-refractivity contribution is 0.398. The van der Waals surface area contributed by atoms with Crippen molar-refractivity contribution in [3.05, 3.63) is 23.8 Å². The third-order valence-electron chi connectivity index (χ3n) is 2.79. The highest BCUT2D eigenvalue weighted by Crippen LogP contribution is 2.25. The van der Waals surface area contributed by atoms with Gasteiger partial charge in [0.05, 0.1) is 14.2 Å². The van der Waals surface area contributed by atoms with Crippen molar-refractivity contribution in [1.29, 1.82) is 0 Å². The van der Waals surface area contributed by atoms with Crippen LogP contribution in [0.3, 0.4) is 0 Å². The molecule has 3 nitrogen and oxygen atoms in total. The fourth-order valence-electron chi connectivity index (χ4n) is 1.82. The molecule has 0 aliphatic heterocycles. The number of methoxy groups -OCH3 is 2. The van der Waals surface area contributed by atoms with Crippen LogP contribution >= 0.6 is 0 Å². The highest BCUT2D eigenvalue weighted by molar-refractivity contribution is 5.40. The van der Waals surface area contributed by atoms with Gasteiger partial charge in [0.2, 0.25) is 0 Å². The van der Waals surface area contributed by atoms with E-state index in [-0.39, 0.29) is 0 Å². The SMILES string of the molecule is CCNCCCCc1cc(OC)ccc1OC. The standard InChI is InChI=1S/C14H23NO2/c1-4-15-10-6-5-7-12-11-13(16-2)8-9-14(12)17-3/h8-9,11,15H,4-7,10H2,1-3H3. The quantitative estimate of drug-likeness (QED) is 0.705. The van der Waals surface area contributed by atoms with Crippen LogP contribution in [-0.2, 0) is 6.42 Å². The van der Waals surface area contributed by atoms with E-state index in [9.17, 15) is 0 Å². The Bertz CT molecular complexity index is 326. The first-order valence-electron chi connectivity index (χ1n) is 6.23. The summed E-state index contributed by atoms with van der Waals surface area (Å²) in [7, 11) is 3.40. The second kappa shape index (κ2) is 7.96. The lowest BCUT2D eigenvalue weighted by atomic mass is 10.1. The molecule has 0 radical (unpaired) electrons. The van der Waals surface area contributed by atoms with Gasteiger partial charge in [-0.1, -0.05) is 6.92 Å². The van der Waals surface area contributed by atoms with Gasteiger partial charge in [-0.15, -0.1) is 0 Å². The Morgan fingerprint density at radius 2 is 1.94 bits per heavy atom. The van der Waals surface area contributed by atoms with E-state index in [1.54, 1.807) is 14.2 Å². The summed E-state index contributed by atoms with van der Waals surface area (Å²) < 4.78 is 10.6. The molecule has 0 spiro atoms. The zero-order chi connectivity index (χ0) is 12.5. The fourth-order valence-corrected chi connectivity index (χ4v) is 1.82. The Hall–Kier alpha value is -1.22. The number of ether oxygens (including phenoxy) is 2. The number of nitrogens with one attached hydrogen (secondary N) is 1. The van der Waals surface area contributed by atoms with Crippen LogP contribution in [0.15, 0.2) is 18.2 Å². The van der Waals surface area contributed by atoms with Crippen LogP contribution < -0.4 is 14.8 Å². The number of aryl methyl sites for hydroxylation is 1. The van der Waals surface area contributed by atoms with Crippen molar-refractivity contribution < 1.29 is 9.47 Å². The molecule has 17 heavy (non-hydrogen) atoms. The van der Waals surface area contributed by atoms with E-state index in [4.69, 9.17) is 9.47 Å². The van der Waals surface area contributed by atoms with Crippen molar-refractivity contribution in [3.63, 3.8) is 0 Å². The van der Waals surface area contributed by atoms with Gasteiger partial charge in [-0.2, -0.15) is 0 Å². The first kappa shape index (κ1) is 13.8. The number of hydrogen-bond acceptors (Lipinski definition) is 3. The second-order valence-electron chi connectivity index (χ2n) is 3.99. The van der Waals surface area contributed by atoms with Crippen LogP contribution in [-0.4, -0.2) is 27.3 Å². The maximum absolute atomic E-state index is 5.35. The minimum Gasteiger partial charge on any atom is -0.497 e. The van der Waals surface area contributed by atoms with E-state index in [0.717, 1.165) is 37.4 Å². The summed E-state index contributed by atoms with van der Waals surface area (Å²) in [4.78, 5) is 0.